The van der Waals surface area contributed by atoms with Crippen molar-refractivity contribution >= 4 is 35.2 Å². The number of nitrogens with one attached hydrogen (secondary N) is 2. The summed E-state index contributed by atoms with van der Waals surface area (Å²) in [6, 6.07) is 8.15. The van der Waals surface area contributed by atoms with Crippen molar-refractivity contribution in [2.45, 2.75) is 19.9 Å². The van der Waals surface area contributed by atoms with Gasteiger partial charge in [0.05, 0.1) is 17.5 Å². The summed E-state index contributed by atoms with van der Waals surface area (Å²) in [4.78, 5) is 24.2. The SMILES string of the molecule is CC(C)NC(=O)c1ccc(Cl)cc1NC(=O)/C=C/c1ccco1. The fraction of sp³-hybridized carbons (Fsp3) is 0.176. The smallest absolute Gasteiger partial charge is 0.253 e. The average Bonchev–Trinajstić information content (AvgIpc) is 2.97. The van der Waals surface area contributed by atoms with Gasteiger partial charge in [0.15, 0.2) is 0 Å². The fourth-order valence-corrected chi connectivity index (χ4v) is 2.05. The van der Waals surface area contributed by atoms with Gasteiger partial charge >= 0.3 is 0 Å². The standard InChI is InChI=1S/C17H17ClN2O3/c1-11(2)19-17(22)14-7-5-12(18)10-15(14)20-16(21)8-6-13-4-3-9-23-13/h3-11H,1-2H3,(H,19,22)(H,20,21)/b8-6+. The lowest BCUT2D eigenvalue weighted by atomic mass is 10.1. The molecule has 0 fully saturated rings. The van der Waals surface area contributed by atoms with Crippen molar-refractivity contribution in [1.82, 2.24) is 5.32 Å². The Morgan fingerprint density at radius 3 is 2.70 bits per heavy atom. The van der Waals surface area contributed by atoms with E-state index in [0.717, 1.165) is 0 Å². The summed E-state index contributed by atoms with van der Waals surface area (Å²) < 4.78 is 5.11. The van der Waals surface area contributed by atoms with E-state index in [2.05, 4.69) is 10.6 Å². The lowest BCUT2D eigenvalue weighted by Gasteiger charge is -2.13. The molecule has 5 nitrogen and oxygen atoms in total. The van der Waals surface area contributed by atoms with Gasteiger partial charge in [-0.1, -0.05) is 11.6 Å². The minimum Gasteiger partial charge on any atom is -0.465 e. The molecule has 0 atom stereocenters. The molecule has 1 aromatic carbocycles. The van der Waals surface area contributed by atoms with Gasteiger partial charge in [0, 0.05) is 17.1 Å². The molecule has 0 aliphatic heterocycles. The zero-order valence-corrected chi connectivity index (χ0v) is 13.6. The molecular weight excluding hydrogens is 316 g/mol. The Hall–Kier alpha value is -2.53. The Labute approximate surface area is 139 Å². The maximum atomic E-state index is 12.2. The summed E-state index contributed by atoms with van der Waals surface area (Å²) in [5.41, 5.74) is 0.701. The molecule has 2 amide bonds. The summed E-state index contributed by atoms with van der Waals surface area (Å²) in [5.74, 6) is -0.103. The summed E-state index contributed by atoms with van der Waals surface area (Å²) in [7, 11) is 0. The van der Waals surface area contributed by atoms with Crippen LogP contribution in [0.4, 0.5) is 5.69 Å². The van der Waals surface area contributed by atoms with Crippen molar-refractivity contribution in [1.29, 1.82) is 0 Å². The number of hydrogen-bond acceptors (Lipinski definition) is 3. The summed E-state index contributed by atoms with van der Waals surface area (Å²) in [5, 5.41) is 5.86. The van der Waals surface area contributed by atoms with Crippen LogP contribution in [0.1, 0.15) is 30.0 Å². The minimum absolute atomic E-state index is 0.0134. The first-order chi connectivity index (χ1) is 11.0. The molecule has 0 radical (unpaired) electrons. The zero-order chi connectivity index (χ0) is 16.8. The fourth-order valence-electron chi connectivity index (χ4n) is 1.88. The molecule has 1 aromatic heterocycles. The highest BCUT2D eigenvalue weighted by molar-refractivity contribution is 6.31. The van der Waals surface area contributed by atoms with Crippen LogP contribution in [-0.4, -0.2) is 17.9 Å². The van der Waals surface area contributed by atoms with Crippen molar-refractivity contribution in [3.05, 3.63) is 59.0 Å². The van der Waals surface area contributed by atoms with E-state index in [1.54, 1.807) is 24.3 Å². The first-order valence-electron chi connectivity index (χ1n) is 7.08. The number of carbonyl (C=O) groups excluding carboxylic acids is 2. The van der Waals surface area contributed by atoms with Crippen LogP contribution in [0.25, 0.3) is 6.08 Å². The first kappa shape index (κ1) is 16.8. The van der Waals surface area contributed by atoms with Crippen LogP contribution >= 0.6 is 11.6 Å². The van der Waals surface area contributed by atoms with Gasteiger partial charge in [-0.25, -0.2) is 0 Å². The van der Waals surface area contributed by atoms with Gasteiger partial charge in [0.1, 0.15) is 5.76 Å². The molecule has 1 heterocycles. The number of benzene rings is 1. The number of carbonyl (C=O) groups is 2. The van der Waals surface area contributed by atoms with Crippen molar-refractivity contribution in [2.75, 3.05) is 5.32 Å². The quantitative estimate of drug-likeness (QED) is 0.820. The predicted molar refractivity (Wildman–Crippen MR) is 90.4 cm³/mol. The number of amides is 2. The molecule has 0 aliphatic rings. The molecule has 0 bridgehead atoms. The van der Waals surface area contributed by atoms with E-state index in [1.807, 2.05) is 13.8 Å². The maximum absolute atomic E-state index is 12.2. The Bertz CT molecular complexity index is 721. The number of anilines is 1. The second-order valence-corrected chi connectivity index (χ2v) is 5.59. The normalized spacial score (nSPS) is 11.0. The highest BCUT2D eigenvalue weighted by Crippen LogP contribution is 2.21. The van der Waals surface area contributed by atoms with Crippen molar-refractivity contribution < 1.29 is 14.0 Å². The average molecular weight is 333 g/mol. The molecule has 120 valence electrons. The third-order valence-corrected chi connectivity index (χ3v) is 3.08. The summed E-state index contributed by atoms with van der Waals surface area (Å²) in [6.45, 7) is 3.72. The molecule has 23 heavy (non-hydrogen) atoms. The van der Waals surface area contributed by atoms with E-state index in [1.165, 1.54) is 24.5 Å². The lowest BCUT2D eigenvalue weighted by Crippen LogP contribution is -2.31. The molecule has 0 aliphatic carbocycles. The van der Waals surface area contributed by atoms with Crippen molar-refractivity contribution in [3.63, 3.8) is 0 Å². The highest BCUT2D eigenvalue weighted by Gasteiger charge is 2.14. The molecule has 2 aromatic rings. The largest absolute Gasteiger partial charge is 0.465 e. The number of rotatable bonds is 5. The third-order valence-electron chi connectivity index (χ3n) is 2.85. The van der Waals surface area contributed by atoms with E-state index in [4.69, 9.17) is 16.0 Å². The van der Waals surface area contributed by atoms with E-state index in [0.29, 0.717) is 22.0 Å². The Balaban J connectivity index is 2.16. The minimum atomic E-state index is -0.387. The Morgan fingerprint density at radius 2 is 2.04 bits per heavy atom. The molecule has 0 unspecified atom stereocenters. The van der Waals surface area contributed by atoms with Crippen LogP contribution in [0.3, 0.4) is 0 Å². The van der Waals surface area contributed by atoms with Gasteiger partial charge in [-0.05, 0) is 50.3 Å². The molecular formula is C17H17ClN2O3. The third kappa shape index (κ3) is 5.00. The Kier molecular flexibility index (Phi) is 5.60. The van der Waals surface area contributed by atoms with Gasteiger partial charge in [-0.3, -0.25) is 9.59 Å². The second kappa shape index (κ2) is 7.65. The van der Waals surface area contributed by atoms with E-state index in [9.17, 15) is 9.59 Å². The second-order valence-electron chi connectivity index (χ2n) is 5.16. The van der Waals surface area contributed by atoms with Crippen LogP contribution < -0.4 is 10.6 Å². The van der Waals surface area contributed by atoms with Gasteiger partial charge in [-0.15, -0.1) is 0 Å². The van der Waals surface area contributed by atoms with Gasteiger partial charge < -0.3 is 15.1 Å². The molecule has 2 rings (SSSR count). The number of hydrogen-bond donors (Lipinski definition) is 2. The predicted octanol–water partition coefficient (Wildman–Crippen LogP) is 3.72. The molecule has 0 saturated carbocycles. The zero-order valence-electron chi connectivity index (χ0n) is 12.8. The molecule has 0 saturated heterocycles. The van der Waals surface area contributed by atoms with Gasteiger partial charge in [0.2, 0.25) is 5.91 Å². The molecule has 2 N–H and O–H groups in total. The molecule has 0 spiro atoms. The highest BCUT2D eigenvalue weighted by atomic mass is 35.5. The van der Waals surface area contributed by atoms with Gasteiger partial charge in [-0.2, -0.15) is 0 Å². The Morgan fingerprint density at radius 1 is 1.26 bits per heavy atom. The van der Waals surface area contributed by atoms with Crippen LogP contribution in [0.15, 0.2) is 47.1 Å². The topological polar surface area (TPSA) is 71.3 Å². The van der Waals surface area contributed by atoms with Crippen molar-refractivity contribution in [3.8, 4) is 0 Å². The number of furan rings is 1. The van der Waals surface area contributed by atoms with Crippen LogP contribution in [-0.2, 0) is 4.79 Å². The van der Waals surface area contributed by atoms with Crippen LogP contribution in [0.2, 0.25) is 5.02 Å². The lowest BCUT2D eigenvalue weighted by molar-refractivity contribution is -0.111. The number of halogens is 1. The first-order valence-corrected chi connectivity index (χ1v) is 7.46. The van der Waals surface area contributed by atoms with E-state index in [-0.39, 0.29) is 17.9 Å². The summed E-state index contributed by atoms with van der Waals surface area (Å²) >= 11 is 5.95. The maximum Gasteiger partial charge on any atom is 0.253 e. The molecule has 6 heteroatoms. The van der Waals surface area contributed by atoms with Crippen LogP contribution in [0.5, 0.6) is 0 Å². The van der Waals surface area contributed by atoms with Crippen LogP contribution in [0, 0.1) is 0 Å². The van der Waals surface area contributed by atoms with Crippen molar-refractivity contribution in [2.24, 2.45) is 0 Å². The monoisotopic (exact) mass is 332 g/mol. The van der Waals surface area contributed by atoms with E-state index < -0.39 is 0 Å². The van der Waals surface area contributed by atoms with E-state index >= 15 is 0 Å². The summed E-state index contributed by atoms with van der Waals surface area (Å²) in [6.07, 6.45) is 4.38. The van der Waals surface area contributed by atoms with Gasteiger partial charge in [0.25, 0.3) is 5.91 Å².